The molecule has 7 heteroatoms. The van der Waals surface area contributed by atoms with Gasteiger partial charge in [-0.1, -0.05) is 12.1 Å². The van der Waals surface area contributed by atoms with E-state index in [0.717, 1.165) is 5.56 Å². The lowest BCUT2D eigenvalue weighted by Gasteiger charge is -2.14. The number of carbonyl (C=O) groups is 1. The van der Waals surface area contributed by atoms with Gasteiger partial charge in [-0.25, -0.2) is 8.78 Å². The van der Waals surface area contributed by atoms with Gasteiger partial charge in [0.15, 0.2) is 0 Å². The minimum atomic E-state index is -4.72. The van der Waals surface area contributed by atoms with Crippen molar-refractivity contribution >= 4 is 11.6 Å². The number of nitrogens with one attached hydrogen (secondary N) is 1. The van der Waals surface area contributed by atoms with Crippen LogP contribution in [0.3, 0.4) is 0 Å². The topological polar surface area (TPSA) is 49.3 Å². The maximum atomic E-state index is 12.6. The number of aliphatic hydroxyl groups excluding tert-OH is 1. The third-order valence-corrected chi connectivity index (χ3v) is 2.19. The van der Waals surface area contributed by atoms with Crippen molar-refractivity contribution in [1.82, 2.24) is 0 Å². The summed E-state index contributed by atoms with van der Waals surface area (Å²) < 4.78 is 49.0. The van der Waals surface area contributed by atoms with Crippen LogP contribution in [0.1, 0.15) is 5.56 Å². The monoisotopic (exact) mass is 265 g/mol. The summed E-state index contributed by atoms with van der Waals surface area (Å²) in [5.41, 5.74) is 0.720. The first-order valence-corrected chi connectivity index (χ1v) is 5.05. The molecule has 1 aromatic carbocycles. The highest BCUT2D eigenvalue weighted by molar-refractivity contribution is 5.96. The van der Waals surface area contributed by atoms with Gasteiger partial charge in [0.25, 0.3) is 0 Å². The van der Waals surface area contributed by atoms with Gasteiger partial charge < -0.3 is 10.4 Å². The van der Waals surface area contributed by atoms with Gasteiger partial charge in [-0.15, -0.1) is 0 Å². The van der Waals surface area contributed by atoms with E-state index >= 15 is 0 Å². The number of anilines is 1. The molecule has 2 N–H and O–H groups in total. The summed E-state index contributed by atoms with van der Waals surface area (Å²) in [7, 11) is 0. The van der Waals surface area contributed by atoms with Gasteiger partial charge in [-0.2, -0.15) is 8.78 Å². The predicted octanol–water partition coefficient (Wildman–Crippen LogP) is 2.06. The number of hydrogen-bond donors (Lipinski definition) is 2. The smallest absolute Gasteiger partial charge is 0.383 e. The van der Waals surface area contributed by atoms with Crippen molar-refractivity contribution < 1.29 is 27.5 Å². The molecule has 0 aliphatic carbocycles. The normalized spacial score (nSPS) is 11.7. The molecule has 0 bridgehead atoms. The molecular weight excluding hydrogens is 254 g/mol. The summed E-state index contributed by atoms with van der Waals surface area (Å²) in [6.45, 7) is -0.0742. The Bertz CT molecular complexity index is 406. The Kier molecular flexibility index (Phi) is 4.66. The standard InChI is InChI=1S/C11H11F4NO2/c12-9(13)11(14,15)10(18)16-8-3-1-7(2-4-8)5-6-17/h1-4,9,17H,5-6H2,(H,16,18). The molecule has 0 radical (unpaired) electrons. The summed E-state index contributed by atoms with van der Waals surface area (Å²) in [6.07, 6.45) is -3.67. The van der Waals surface area contributed by atoms with Gasteiger partial charge in [0.1, 0.15) is 0 Å². The lowest BCUT2D eigenvalue weighted by atomic mass is 10.1. The summed E-state index contributed by atoms with van der Waals surface area (Å²) in [4.78, 5) is 10.9. The number of amides is 1. The molecule has 0 atom stereocenters. The summed E-state index contributed by atoms with van der Waals surface area (Å²) in [6, 6.07) is 5.58. The van der Waals surface area contributed by atoms with Crippen LogP contribution in [0.4, 0.5) is 23.2 Å². The second-order valence-corrected chi connectivity index (χ2v) is 3.55. The van der Waals surface area contributed by atoms with Crippen LogP contribution >= 0.6 is 0 Å². The Morgan fingerprint density at radius 2 is 1.83 bits per heavy atom. The van der Waals surface area contributed by atoms with Crippen molar-refractivity contribution in [3.05, 3.63) is 29.8 Å². The molecule has 0 saturated carbocycles. The van der Waals surface area contributed by atoms with E-state index in [9.17, 15) is 22.4 Å². The zero-order chi connectivity index (χ0) is 13.8. The van der Waals surface area contributed by atoms with Gasteiger partial charge in [0, 0.05) is 12.3 Å². The Labute approximate surface area is 100 Å². The molecule has 3 nitrogen and oxygen atoms in total. The van der Waals surface area contributed by atoms with Crippen molar-refractivity contribution in [2.24, 2.45) is 0 Å². The summed E-state index contributed by atoms with van der Waals surface area (Å²) in [5.74, 6) is -6.77. The van der Waals surface area contributed by atoms with E-state index in [4.69, 9.17) is 5.11 Å². The zero-order valence-corrected chi connectivity index (χ0v) is 9.17. The molecule has 0 aromatic heterocycles. The average Bonchev–Trinajstić information content (AvgIpc) is 2.31. The number of benzene rings is 1. The quantitative estimate of drug-likeness (QED) is 0.801. The number of alkyl halides is 4. The fraction of sp³-hybridized carbons (Fsp3) is 0.364. The Morgan fingerprint density at radius 3 is 2.28 bits per heavy atom. The third kappa shape index (κ3) is 3.43. The zero-order valence-electron chi connectivity index (χ0n) is 9.17. The summed E-state index contributed by atoms with van der Waals surface area (Å²) in [5, 5.41) is 10.4. The van der Waals surface area contributed by atoms with Gasteiger partial charge in [0.05, 0.1) is 0 Å². The molecule has 0 aliphatic rings. The van der Waals surface area contributed by atoms with Crippen molar-refractivity contribution in [3.8, 4) is 0 Å². The molecule has 1 rings (SSSR count). The van der Waals surface area contributed by atoms with Crippen LogP contribution in [-0.4, -0.2) is 30.0 Å². The number of rotatable bonds is 5. The maximum absolute atomic E-state index is 12.6. The van der Waals surface area contributed by atoms with Crippen LogP contribution in [0.15, 0.2) is 24.3 Å². The van der Waals surface area contributed by atoms with Gasteiger partial charge in [-0.3, -0.25) is 4.79 Å². The van der Waals surface area contributed by atoms with E-state index in [1.54, 1.807) is 5.32 Å². The Balaban J connectivity index is 2.70. The lowest BCUT2D eigenvalue weighted by molar-refractivity contribution is -0.163. The Morgan fingerprint density at radius 1 is 1.28 bits per heavy atom. The molecule has 0 aliphatic heterocycles. The predicted molar refractivity (Wildman–Crippen MR) is 56.8 cm³/mol. The van der Waals surface area contributed by atoms with E-state index in [2.05, 4.69) is 0 Å². The van der Waals surface area contributed by atoms with Crippen molar-refractivity contribution in [2.45, 2.75) is 18.8 Å². The molecule has 18 heavy (non-hydrogen) atoms. The largest absolute Gasteiger partial charge is 0.396 e. The summed E-state index contributed by atoms with van der Waals surface area (Å²) >= 11 is 0. The van der Waals surface area contributed by atoms with Crippen LogP contribution in [0.25, 0.3) is 0 Å². The number of aliphatic hydroxyl groups is 1. The fourth-order valence-corrected chi connectivity index (χ4v) is 1.20. The van der Waals surface area contributed by atoms with Crippen LogP contribution in [-0.2, 0) is 11.2 Å². The minimum Gasteiger partial charge on any atom is -0.396 e. The molecule has 0 saturated heterocycles. The highest BCUT2D eigenvalue weighted by Gasteiger charge is 2.48. The minimum absolute atomic E-state index is 0.0120. The van der Waals surface area contributed by atoms with Crippen LogP contribution in [0.2, 0.25) is 0 Å². The highest BCUT2D eigenvalue weighted by atomic mass is 19.3. The molecule has 0 heterocycles. The van der Waals surface area contributed by atoms with Gasteiger partial charge in [0.2, 0.25) is 0 Å². The SMILES string of the molecule is O=C(Nc1ccc(CCO)cc1)C(F)(F)C(F)F. The molecule has 0 fully saturated rings. The molecule has 1 aromatic rings. The number of hydrogen-bond acceptors (Lipinski definition) is 2. The highest BCUT2D eigenvalue weighted by Crippen LogP contribution is 2.24. The molecular formula is C11H11F4NO2. The first kappa shape index (κ1) is 14.4. The van der Waals surface area contributed by atoms with E-state index < -0.39 is 18.3 Å². The first-order chi connectivity index (χ1) is 8.37. The molecule has 0 unspecified atom stereocenters. The second-order valence-electron chi connectivity index (χ2n) is 3.55. The number of carbonyl (C=O) groups excluding carboxylic acids is 1. The van der Waals surface area contributed by atoms with Gasteiger partial charge in [-0.05, 0) is 24.1 Å². The Hall–Kier alpha value is -1.63. The van der Waals surface area contributed by atoms with Gasteiger partial charge >= 0.3 is 18.3 Å². The van der Waals surface area contributed by atoms with Crippen molar-refractivity contribution in [3.63, 3.8) is 0 Å². The van der Waals surface area contributed by atoms with E-state index in [-0.39, 0.29) is 12.3 Å². The van der Waals surface area contributed by atoms with Crippen LogP contribution in [0.5, 0.6) is 0 Å². The fourth-order valence-electron chi connectivity index (χ4n) is 1.20. The molecule has 1 amide bonds. The molecule has 0 spiro atoms. The van der Waals surface area contributed by atoms with Crippen LogP contribution < -0.4 is 5.32 Å². The van der Waals surface area contributed by atoms with E-state index in [1.807, 2.05) is 0 Å². The third-order valence-electron chi connectivity index (χ3n) is 2.19. The maximum Gasteiger partial charge on any atom is 0.383 e. The van der Waals surface area contributed by atoms with E-state index in [1.165, 1.54) is 24.3 Å². The van der Waals surface area contributed by atoms with Crippen molar-refractivity contribution in [2.75, 3.05) is 11.9 Å². The van der Waals surface area contributed by atoms with Crippen molar-refractivity contribution in [1.29, 1.82) is 0 Å². The molecule has 100 valence electrons. The average molecular weight is 265 g/mol. The first-order valence-electron chi connectivity index (χ1n) is 5.05. The second kappa shape index (κ2) is 5.81. The lowest BCUT2D eigenvalue weighted by Crippen LogP contribution is -2.40. The van der Waals surface area contributed by atoms with Crippen LogP contribution in [0, 0.1) is 0 Å². The van der Waals surface area contributed by atoms with E-state index in [0.29, 0.717) is 6.42 Å². The number of halogens is 4.